The number of likely N-dealkylation sites (N-methyl/N-ethyl adjacent to an activating group) is 1. The normalized spacial score (nSPS) is 8.11. The second-order valence-corrected chi connectivity index (χ2v) is 1.92. The van der Waals surface area contributed by atoms with Gasteiger partial charge in [0.05, 0.1) is 0 Å². The van der Waals surface area contributed by atoms with Gasteiger partial charge in [-0.15, -0.1) is 0 Å². The fraction of sp³-hybridized carbons (Fsp3) is 0.333. The average molecular weight is 143 g/mol. The molecule has 0 bridgehead atoms. The van der Waals surface area contributed by atoms with Gasteiger partial charge in [0.2, 0.25) is 5.91 Å². The predicted octanol–water partition coefficient (Wildman–Crippen LogP) is 0.630. The van der Waals surface area contributed by atoms with Crippen molar-refractivity contribution in [3.05, 3.63) is 12.7 Å². The monoisotopic (exact) mass is 143 g/mol. The lowest BCUT2D eigenvalue weighted by molar-refractivity contribution is -0.124. The summed E-state index contributed by atoms with van der Waals surface area (Å²) in [5.74, 6) is -0.101. The summed E-state index contributed by atoms with van der Waals surface area (Å²) >= 11 is 4.54. The molecule has 0 saturated heterocycles. The van der Waals surface area contributed by atoms with Crippen molar-refractivity contribution < 1.29 is 4.79 Å². The lowest BCUT2D eigenvalue weighted by atomic mass is 10.5. The van der Waals surface area contributed by atoms with Gasteiger partial charge in [0, 0.05) is 13.6 Å². The molecular formula is C6H9NOS. The van der Waals surface area contributed by atoms with Crippen molar-refractivity contribution in [2.24, 2.45) is 0 Å². The van der Waals surface area contributed by atoms with E-state index in [0.29, 0.717) is 6.54 Å². The van der Waals surface area contributed by atoms with Crippen LogP contribution in [0.3, 0.4) is 0 Å². The fourth-order valence-electron chi connectivity index (χ4n) is 0.358. The second-order valence-electron chi connectivity index (χ2n) is 1.59. The number of rotatable bonds is 3. The van der Waals surface area contributed by atoms with Crippen LogP contribution in [0, 0.1) is 0 Å². The van der Waals surface area contributed by atoms with Gasteiger partial charge in [0.15, 0.2) is 0 Å². The molecule has 3 heteroatoms. The van der Waals surface area contributed by atoms with Crippen molar-refractivity contribution in [1.82, 2.24) is 4.90 Å². The zero-order valence-corrected chi connectivity index (χ0v) is 6.15. The molecule has 0 saturated carbocycles. The molecule has 0 spiro atoms. The number of amides is 1. The van der Waals surface area contributed by atoms with Crippen LogP contribution in [-0.4, -0.2) is 29.8 Å². The van der Waals surface area contributed by atoms with E-state index in [4.69, 9.17) is 0 Å². The van der Waals surface area contributed by atoms with Crippen molar-refractivity contribution in [3.63, 3.8) is 0 Å². The first-order chi connectivity index (χ1) is 4.22. The Morgan fingerprint density at radius 2 is 2.44 bits per heavy atom. The minimum absolute atomic E-state index is 0.101. The van der Waals surface area contributed by atoms with Crippen LogP contribution in [0.1, 0.15) is 0 Å². The van der Waals surface area contributed by atoms with Crippen LogP contribution in [-0.2, 0) is 4.79 Å². The molecule has 0 aliphatic rings. The summed E-state index contributed by atoms with van der Waals surface area (Å²) < 4.78 is 0. The first-order valence-corrected chi connectivity index (χ1v) is 3.00. The van der Waals surface area contributed by atoms with Gasteiger partial charge in [-0.05, 0) is 11.4 Å². The first-order valence-electron chi connectivity index (χ1n) is 2.53. The van der Waals surface area contributed by atoms with Crippen molar-refractivity contribution in [2.45, 2.75) is 0 Å². The molecule has 0 aromatic heterocycles. The summed E-state index contributed by atoms with van der Waals surface area (Å²) in [5.41, 5.74) is 0. The molecule has 0 unspecified atom stereocenters. The highest BCUT2D eigenvalue weighted by atomic mass is 32.1. The fourth-order valence-corrected chi connectivity index (χ4v) is 0.581. The van der Waals surface area contributed by atoms with Crippen LogP contribution >= 0.6 is 12.2 Å². The van der Waals surface area contributed by atoms with Crippen LogP contribution in [0.5, 0.6) is 0 Å². The van der Waals surface area contributed by atoms with E-state index in [-0.39, 0.29) is 5.91 Å². The van der Waals surface area contributed by atoms with Gasteiger partial charge in [-0.25, -0.2) is 0 Å². The SMILES string of the molecule is C=CC(=O)N(C)CC=S. The smallest absolute Gasteiger partial charge is 0.246 e. The van der Waals surface area contributed by atoms with Gasteiger partial charge < -0.3 is 4.90 Å². The molecular weight excluding hydrogens is 134 g/mol. The molecule has 0 fully saturated rings. The Balaban J connectivity index is 3.71. The molecule has 0 aliphatic heterocycles. The van der Waals surface area contributed by atoms with E-state index >= 15 is 0 Å². The summed E-state index contributed by atoms with van der Waals surface area (Å²) in [4.78, 5) is 12.1. The highest BCUT2D eigenvalue weighted by Crippen LogP contribution is 1.81. The summed E-state index contributed by atoms with van der Waals surface area (Å²) in [6, 6.07) is 0. The number of carbonyl (C=O) groups is 1. The molecule has 0 atom stereocenters. The van der Waals surface area contributed by atoms with E-state index < -0.39 is 0 Å². The standard InChI is InChI=1S/C6H9NOS/c1-3-6(8)7(2)4-5-9/h3,5H,1,4H2,2H3. The maximum Gasteiger partial charge on any atom is 0.246 e. The minimum atomic E-state index is -0.101. The van der Waals surface area contributed by atoms with Gasteiger partial charge >= 0.3 is 0 Å². The number of hydrogen-bond donors (Lipinski definition) is 0. The zero-order valence-electron chi connectivity index (χ0n) is 5.33. The van der Waals surface area contributed by atoms with E-state index in [9.17, 15) is 4.79 Å². The Labute approximate surface area is 60.2 Å². The summed E-state index contributed by atoms with van der Waals surface area (Å²) in [6.45, 7) is 3.83. The van der Waals surface area contributed by atoms with Gasteiger partial charge in [-0.3, -0.25) is 4.79 Å². The molecule has 9 heavy (non-hydrogen) atoms. The third-order valence-electron chi connectivity index (χ3n) is 0.899. The number of carbonyl (C=O) groups excluding carboxylic acids is 1. The molecule has 50 valence electrons. The Kier molecular flexibility index (Phi) is 3.88. The number of hydrogen-bond acceptors (Lipinski definition) is 2. The van der Waals surface area contributed by atoms with Crippen molar-refractivity contribution in [1.29, 1.82) is 0 Å². The Bertz CT molecular complexity index is 133. The maximum atomic E-state index is 10.6. The third-order valence-corrected chi connectivity index (χ3v) is 1.05. The van der Waals surface area contributed by atoms with Crippen molar-refractivity contribution >= 4 is 23.5 Å². The highest BCUT2D eigenvalue weighted by molar-refractivity contribution is 7.79. The molecule has 0 aliphatic carbocycles. The second kappa shape index (κ2) is 4.21. The quantitative estimate of drug-likeness (QED) is 0.426. The summed E-state index contributed by atoms with van der Waals surface area (Å²) in [5, 5.41) is 1.50. The Hall–Kier alpha value is -0.700. The van der Waals surface area contributed by atoms with Crippen LogP contribution < -0.4 is 0 Å². The lowest BCUT2D eigenvalue weighted by Gasteiger charge is -2.09. The largest absolute Gasteiger partial charge is 0.338 e. The molecule has 0 aromatic carbocycles. The van der Waals surface area contributed by atoms with E-state index in [2.05, 4.69) is 18.8 Å². The van der Waals surface area contributed by atoms with Gasteiger partial charge in [0.1, 0.15) is 0 Å². The number of nitrogens with zero attached hydrogens (tertiary/aromatic N) is 1. The minimum Gasteiger partial charge on any atom is -0.338 e. The van der Waals surface area contributed by atoms with Crippen LogP contribution in [0.25, 0.3) is 0 Å². The molecule has 2 nitrogen and oxygen atoms in total. The van der Waals surface area contributed by atoms with Gasteiger partial charge in [0.25, 0.3) is 0 Å². The van der Waals surface area contributed by atoms with Crippen LogP contribution in [0.15, 0.2) is 12.7 Å². The molecule has 0 rings (SSSR count). The maximum absolute atomic E-state index is 10.6. The van der Waals surface area contributed by atoms with Crippen molar-refractivity contribution in [2.75, 3.05) is 13.6 Å². The van der Waals surface area contributed by atoms with Gasteiger partial charge in [-0.1, -0.05) is 18.8 Å². The highest BCUT2D eigenvalue weighted by Gasteiger charge is 1.98. The number of thiocarbonyl (C=S) groups is 1. The van der Waals surface area contributed by atoms with E-state index in [1.54, 1.807) is 7.05 Å². The molecule has 0 aromatic rings. The van der Waals surface area contributed by atoms with Crippen molar-refractivity contribution in [3.8, 4) is 0 Å². The molecule has 0 heterocycles. The van der Waals surface area contributed by atoms with Gasteiger partial charge in [-0.2, -0.15) is 0 Å². The van der Waals surface area contributed by atoms with E-state index in [1.165, 1.54) is 16.3 Å². The first kappa shape index (κ1) is 8.30. The van der Waals surface area contributed by atoms with Crippen LogP contribution in [0.2, 0.25) is 0 Å². The Morgan fingerprint density at radius 3 is 2.78 bits per heavy atom. The summed E-state index contributed by atoms with van der Waals surface area (Å²) in [7, 11) is 1.67. The molecule has 1 amide bonds. The van der Waals surface area contributed by atoms with E-state index in [0.717, 1.165) is 0 Å². The lowest BCUT2D eigenvalue weighted by Crippen LogP contribution is -2.25. The predicted molar refractivity (Wildman–Crippen MR) is 41.5 cm³/mol. The molecule has 0 radical (unpaired) electrons. The van der Waals surface area contributed by atoms with E-state index in [1.807, 2.05) is 0 Å². The van der Waals surface area contributed by atoms with Crippen LogP contribution in [0.4, 0.5) is 0 Å². The summed E-state index contributed by atoms with van der Waals surface area (Å²) in [6.07, 6.45) is 1.26. The molecule has 0 N–H and O–H groups in total. The zero-order chi connectivity index (χ0) is 7.28. The Morgan fingerprint density at radius 1 is 1.89 bits per heavy atom. The topological polar surface area (TPSA) is 20.3 Å². The third kappa shape index (κ3) is 2.98. The average Bonchev–Trinajstić information content (AvgIpc) is 1.87.